The number of anilines is 1. The van der Waals surface area contributed by atoms with Crippen LogP contribution >= 0.6 is 0 Å². The van der Waals surface area contributed by atoms with Gasteiger partial charge < -0.3 is 30.1 Å². The van der Waals surface area contributed by atoms with E-state index in [0.29, 0.717) is 24.3 Å². The summed E-state index contributed by atoms with van der Waals surface area (Å²) in [6, 6.07) is 20.2. The topological polar surface area (TPSA) is 117 Å². The molecule has 1 fully saturated rings. The molecule has 9 heteroatoms. The lowest BCUT2D eigenvalue weighted by atomic mass is 9.99. The summed E-state index contributed by atoms with van der Waals surface area (Å²) in [6.07, 6.45) is 0.839. The quantitative estimate of drug-likeness (QED) is 0.314. The van der Waals surface area contributed by atoms with Gasteiger partial charge in [-0.3, -0.25) is 9.59 Å². The predicted molar refractivity (Wildman–Crippen MR) is 156 cm³/mol. The molecule has 3 N–H and O–H groups in total. The van der Waals surface area contributed by atoms with E-state index in [0.717, 1.165) is 5.56 Å². The van der Waals surface area contributed by atoms with Crippen LogP contribution in [0.3, 0.4) is 0 Å². The van der Waals surface area contributed by atoms with Gasteiger partial charge in [-0.2, -0.15) is 0 Å². The third-order valence-corrected chi connectivity index (χ3v) is 6.58. The average molecular weight is 560 g/mol. The van der Waals surface area contributed by atoms with Gasteiger partial charge in [0.1, 0.15) is 29.2 Å². The molecule has 0 heterocycles. The van der Waals surface area contributed by atoms with Crippen LogP contribution in [0.2, 0.25) is 0 Å². The van der Waals surface area contributed by atoms with Crippen molar-refractivity contribution in [1.82, 2.24) is 10.2 Å². The second-order valence-electron chi connectivity index (χ2n) is 11.0. The maximum atomic E-state index is 14.4. The van der Waals surface area contributed by atoms with Gasteiger partial charge in [-0.25, -0.2) is 4.79 Å². The Morgan fingerprint density at radius 3 is 2.17 bits per heavy atom. The summed E-state index contributed by atoms with van der Waals surface area (Å²) in [5, 5.41) is 16.5. The zero-order valence-corrected chi connectivity index (χ0v) is 23.8. The van der Waals surface area contributed by atoms with E-state index in [4.69, 9.17) is 9.47 Å². The molecule has 3 aromatic carbocycles. The van der Waals surface area contributed by atoms with Crippen LogP contribution in [-0.4, -0.2) is 52.7 Å². The van der Waals surface area contributed by atoms with E-state index in [2.05, 4.69) is 10.6 Å². The Morgan fingerprint density at radius 2 is 1.59 bits per heavy atom. The van der Waals surface area contributed by atoms with Crippen LogP contribution in [0.15, 0.2) is 78.9 Å². The smallest absolute Gasteiger partial charge is 0.408 e. The molecule has 0 bridgehead atoms. The number of benzene rings is 3. The summed E-state index contributed by atoms with van der Waals surface area (Å²) in [4.78, 5) is 42.7. The Morgan fingerprint density at radius 1 is 0.951 bits per heavy atom. The number of alkyl carbamates (subject to hydrolysis) is 1. The van der Waals surface area contributed by atoms with Crippen molar-refractivity contribution >= 4 is 23.6 Å². The number of rotatable bonds is 10. The number of nitrogens with one attached hydrogen (secondary N) is 2. The molecule has 9 nitrogen and oxygen atoms in total. The normalized spacial score (nSPS) is 14.3. The molecule has 41 heavy (non-hydrogen) atoms. The van der Waals surface area contributed by atoms with Gasteiger partial charge in [0.05, 0.1) is 7.11 Å². The summed E-state index contributed by atoms with van der Waals surface area (Å²) in [6.45, 7) is 5.23. The summed E-state index contributed by atoms with van der Waals surface area (Å²) in [7, 11) is 1.55. The molecule has 1 aliphatic carbocycles. The SMILES string of the molecule is COc1ccc(NC(=O)C(c2ccccc2O)N(C(=O)C(Cc2ccccc2)NC(=O)OC(C)(C)C)C2CC2)cc1. The van der Waals surface area contributed by atoms with Crippen LogP contribution in [0.1, 0.15) is 50.8 Å². The molecule has 1 aliphatic rings. The first-order valence-corrected chi connectivity index (χ1v) is 13.6. The summed E-state index contributed by atoms with van der Waals surface area (Å²) in [5.41, 5.74) is 0.859. The highest BCUT2D eigenvalue weighted by molar-refractivity contribution is 5.99. The van der Waals surface area contributed by atoms with Crippen LogP contribution < -0.4 is 15.4 Å². The number of carbonyl (C=O) groups excluding carboxylic acids is 3. The number of phenols is 1. The molecule has 2 unspecified atom stereocenters. The van der Waals surface area contributed by atoms with Gasteiger partial charge in [0, 0.05) is 23.7 Å². The molecule has 216 valence electrons. The maximum absolute atomic E-state index is 14.4. The van der Waals surface area contributed by atoms with E-state index >= 15 is 0 Å². The third kappa shape index (κ3) is 8.00. The molecule has 4 rings (SSSR count). The van der Waals surface area contributed by atoms with E-state index < -0.39 is 35.6 Å². The Labute approximate surface area is 240 Å². The van der Waals surface area contributed by atoms with Crippen molar-refractivity contribution < 1.29 is 29.0 Å². The standard InChI is InChI=1S/C32H37N3O6/c1-32(2,3)41-31(39)34-26(20-21-10-6-5-7-11-21)30(38)35(23-16-17-23)28(25-12-8-9-13-27(25)36)29(37)33-22-14-18-24(40-4)19-15-22/h5-15,18-19,23,26,28,36H,16-17,20H2,1-4H3,(H,33,37)(H,34,39). The lowest BCUT2D eigenvalue weighted by Crippen LogP contribution is -2.54. The number of amides is 3. The molecule has 0 spiro atoms. The van der Waals surface area contributed by atoms with Crippen molar-refractivity contribution in [3.63, 3.8) is 0 Å². The Hall–Kier alpha value is -4.53. The highest BCUT2D eigenvalue weighted by Gasteiger charge is 2.45. The highest BCUT2D eigenvalue weighted by Crippen LogP contribution is 2.39. The van der Waals surface area contributed by atoms with E-state index in [1.165, 1.54) is 11.0 Å². The van der Waals surface area contributed by atoms with E-state index in [1.807, 2.05) is 30.3 Å². The molecule has 0 aromatic heterocycles. The van der Waals surface area contributed by atoms with Gasteiger partial charge in [0.15, 0.2) is 0 Å². The first kappa shape index (κ1) is 29.5. The van der Waals surface area contributed by atoms with Gasteiger partial charge >= 0.3 is 6.09 Å². The molecule has 0 saturated heterocycles. The molecule has 3 amide bonds. The van der Waals surface area contributed by atoms with Crippen molar-refractivity contribution in [3.05, 3.63) is 90.0 Å². The number of carbonyl (C=O) groups is 3. The van der Waals surface area contributed by atoms with Gasteiger partial charge in [0.2, 0.25) is 5.91 Å². The molecule has 3 aromatic rings. The number of aromatic hydroxyl groups is 1. The van der Waals surface area contributed by atoms with E-state index in [-0.39, 0.29) is 23.8 Å². The van der Waals surface area contributed by atoms with Crippen LogP contribution in [0.4, 0.5) is 10.5 Å². The zero-order chi connectivity index (χ0) is 29.6. The van der Waals surface area contributed by atoms with Gasteiger partial charge in [-0.15, -0.1) is 0 Å². The fourth-order valence-corrected chi connectivity index (χ4v) is 4.57. The molecular formula is C32H37N3O6. The monoisotopic (exact) mass is 559 g/mol. The van der Waals surface area contributed by atoms with Crippen molar-refractivity contribution in [1.29, 1.82) is 0 Å². The third-order valence-electron chi connectivity index (χ3n) is 6.58. The first-order valence-electron chi connectivity index (χ1n) is 13.6. The molecule has 1 saturated carbocycles. The average Bonchev–Trinajstić information content (AvgIpc) is 3.77. The zero-order valence-electron chi connectivity index (χ0n) is 23.8. The van der Waals surface area contributed by atoms with Gasteiger partial charge in [-0.1, -0.05) is 48.5 Å². The largest absolute Gasteiger partial charge is 0.508 e. The molecular weight excluding hydrogens is 522 g/mol. The lowest BCUT2D eigenvalue weighted by Gasteiger charge is -2.35. The van der Waals surface area contributed by atoms with Gasteiger partial charge in [0.25, 0.3) is 5.91 Å². The number of ether oxygens (including phenoxy) is 2. The Bertz CT molecular complexity index is 1350. The second kappa shape index (κ2) is 12.8. The molecule has 2 atom stereocenters. The fraction of sp³-hybridized carbons (Fsp3) is 0.344. The van der Waals surface area contributed by atoms with Gasteiger partial charge in [-0.05, 0) is 69.5 Å². The van der Waals surface area contributed by atoms with E-state index in [9.17, 15) is 19.5 Å². The predicted octanol–water partition coefficient (Wildman–Crippen LogP) is 5.21. The van der Waals surface area contributed by atoms with Crippen molar-refractivity contribution in [2.75, 3.05) is 12.4 Å². The number of methoxy groups -OCH3 is 1. The number of phenolic OH excluding ortho intramolecular Hbond substituents is 1. The van der Waals surface area contributed by atoms with Crippen LogP contribution in [0.5, 0.6) is 11.5 Å². The first-order chi connectivity index (χ1) is 19.6. The van der Waals surface area contributed by atoms with E-state index in [1.54, 1.807) is 70.3 Å². The van der Waals surface area contributed by atoms with Crippen LogP contribution in [-0.2, 0) is 20.7 Å². The summed E-state index contributed by atoms with van der Waals surface area (Å²) < 4.78 is 10.7. The Kier molecular flexibility index (Phi) is 9.17. The Balaban J connectivity index is 1.71. The minimum Gasteiger partial charge on any atom is -0.508 e. The minimum absolute atomic E-state index is 0.111. The molecule has 0 radical (unpaired) electrons. The second-order valence-corrected chi connectivity index (χ2v) is 11.0. The van der Waals surface area contributed by atoms with Crippen molar-refractivity contribution in [3.8, 4) is 11.5 Å². The molecule has 0 aliphatic heterocycles. The van der Waals surface area contributed by atoms with Crippen molar-refractivity contribution in [2.24, 2.45) is 0 Å². The van der Waals surface area contributed by atoms with Crippen LogP contribution in [0, 0.1) is 0 Å². The maximum Gasteiger partial charge on any atom is 0.408 e. The van der Waals surface area contributed by atoms with Crippen LogP contribution in [0.25, 0.3) is 0 Å². The van der Waals surface area contributed by atoms with Crippen molar-refractivity contribution in [2.45, 2.75) is 63.8 Å². The fourth-order valence-electron chi connectivity index (χ4n) is 4.57. The lowest BCUT2D eigenvalue weighted by molar-refractivity contribution is -0.141. The number of nitrogens with zero attached hydrogens (tertiary/aromatic N) is 1. The summed E-state index contributed by atoms with van der Waals surface area (Å²) in [5.74, 6) is -0.416. The number of hydrogen-bond donors (Lipinski definition) is 3. The number of hydrogen-bond acceptors (Lipinski definition) is 6. The summed E-state index contributed by atoms with van der Waals surface area (Å²) >= 11 is 0. The number of para-hydroxylation sites is 1. The minimum atomic E-state index is -1.16. The highest BCUT2D eigenvalue weighted by atomic mass is 16.6.